The predicted molar refractivity (Wildman–Crippen MR) is 60.5 cm³/mol. The molecule has 5 heteroatoms. The summed E-state index contributed by atoms with van der Waals surface area (Å²) in [5.74, 6) is -0.686. The van der Waals surface area contributed by atoms with Crippen LogP contribution in [0.1, 0.15) is 31.4 Å². The Bertz CT molecular complexity index is 512. The maximum Gasteiger partial charge on any atom is 0.266 e. The zero-order valence-electron chi connectivity index (χ0n) is 9.84. The molecule has 0 spiro atoms. The van der Waals surface area contributed by atoms with Crippen molar-refractivity contribution in [2.75, 3.05) is 0 Å². The van der Waals surface area contributed by atoms with Crippen molar-refractivity contribution >= 4 is 10.9 Å². The standard InChI is InChI=1S/C10H7F3N2.C2H6/c1-5-4-14-15-9-7(5)2-6(11)3-8(9)10(12)13;1-2/h2-4,10H,1H3;1-2H3. The van der Waals surface area contributed by atoms with Crippen LogP contribution in [0.5, 0.6) is 0 Å². The van der Waals surface area contributed by atoms with E-state index in [0.717, 1.165) is 6.07 Å². The number of hydrogen-bond acceptors (Lipinski definition) is 2. The first-order chi connectivity index (χ1) is 8.09. The van der Waals surface area contributed by atoms with Gasteiger partial charge in [-0.2, -0.15) is 10.2 Å². The summed E-state index contributed by atoms with van der Waals surface area (Å²) in [4.78, 5) is 0. The molecule has 0 N–H and O–H groups in total. The third kappa shape index (κ3) is 2.72. The van der Waals surface area contributed by atoms with E-state index in [1.165, 1.54) is 12.3 Å². The van der Waals surface area contributed by atoms with Gasteiger partial charge in [0.15, 0.2) is 0 Å². The lowest BCUT2D eigenvalue weighted by Crippen LogP contribution is -1.95. The third-order valence-corrected chi connectivity index (χ3v) is 2.17. The van der Waals surface area contributed by atoms with E-state index in [2.05, 4.69) is 10.2 Å². The van der Waals surface area contributed by atoms with Crippen LogP contribution in [0.4, 0.5) is 13.2 Å². The fraction of sp³-hybridized carbons (Fsp3) is 0.333. The average molecular weight is 242 g/mol. The summed E-state index contributed by atoms with van der Waals surface area (Å²) < 4.78 is 38.2. The Labute approximate surface area is 97.5 Å². The molecule has 0 aliphatic heterocycles. The first kappa shape index (κ1) is 13.4. The molecule has 2 aromatic rings. The van der Waals surface area contributed by atoms with Crippen molar-refractivity contribution in [2.45, 2.75) is 27.2 Å². The summed E-state index contributed by atoms with van der Waals surface area (Å²) in [6.07, 6.45) is -1.34. The number of aromatic nitrogens is 2. The van der Waals surface area contributed by atoms with Gasteiger partial charge in [-0.05, 0) is 24.6 Å². The molecule has 1 aromatic heterocycles. The van der Waals surface area contributed by atoms with E-state index in [1.807, 2.05) is 13.8 Å². The molecule has 0 atom stereocenters. The predicted octanol–water partition coefficient (Wildman–Crippen LogP) is 4.04. The molecule has 1 aromatic carbocycles. The van der Waals surface area contributed by atoms with Crippen LogP contribution in [0.2, 0.25) is 0 Å². The molecule has 0 bridgehead atoms. The van der Waals surface area contributed by atoms with Gasteiger partial charge in [0, 0.05) is 10.9 Å². The first-order valence-corrected chi connectivity index (χ1v) is 5.29. The second-order valence-electron chi connectivity index (χ2n) is 3.22. The Kier molecular flexibility index (Phi) is 4.43. The summed E-state index contributed by atoms with van der Waals surface area (Å²) in [5, 5.41) is 7.56. The molecule has 2 rings (SSSR count). The number of benzene rings is 1. The highest BCUT2D eigenvalue weighted by Gasteiger charge is 2.15. The highest BCUT2D eigenvalue weighted by atomic mass is 19.3. The van der Waals surface area contributed by atoms with Gasteiger partial charge in [0.25, 0.3) is 6.43 Å². The quantitative estimate of drug-likeness (QED) is 0.754. The average Bonchev–Trinajstić information content (AvgIpc) is 2.32. The van der Waals surface area contributed by atoms with Crippen molar-refractivity contribution in [3.8, 4) is 0 Å². The summed E-state index contributed by atoms with van der Waals surface area (Å²) in [6.45, 7) is 5.67. The van der Waals surface area contributed by atoms with Crippen molar-refractivity contribution in [2.24, 2.45) is 0 Å². The number of nitrogens with zero attached hydrogens (tertiary/aromatic N) is 2. The van der Waals surface area contributed by atoms with Gasteiger partial charge < -0.3 is 0 Å². The molecule has 0 aliphatic carbocycles. The Hall–Kier alpha value is -1.65. The fourth-order valence-electron chi connectivity index (χ4n) is 1.44. The number of alkyl halides is 2. The molecule has 92 valence electrons. The van der Waals surface area contributed by atoms with Gasteiger partial charge in [-0.1, -0.05) is 13.8 Å². The normalized spacial score (nSPS) is 10.3. The lowest BCUT2D eigenvalue weighted by molar-refractivity contribution is 0.152. The van der Waals surface area contributed by atoms with Crippen LogP contribution in [0.15, 0.2) is 18.3 Å². The van der Waals surface area contributed by atoms with E-state index in [4.69, 9.17) is 0 Å². The maximum absolute atomic E-state index is 13.1. The van der Waals surface area contributed by atoms with Gasteiger partial charge in [0.1, 0.15) is 11.3 Å². The minimum absolute atomic E-state index is 0.0615. The van der Waals surface area contributed by atoms with Crippen LogP contribution < -0.4 is 0 Å². The number of fused-ring (bicyclic) bond motifs is 1. The summed E-state index contributed by atoms with van der Waals surface area (Å²) >= 11 is 0. The van der Waals surface area contributed by atoms with Crippen LogP contribution in [-0.4, -0.2) is 10.2 Å². The van der Waals surface area contributed by atoms with Crippen LogP contribution >= 0.6 is 0 Å². The van der Waals surface area contributed by atoms with E-state index < -0.39 is 17.8 Å². The topological polar surface area (TPSA) is 25.8 Å². The van der Waals surface area contributed by atoms with E-state index in [-0.39, 0.29) is 5.52 Å². The molecule has 0 radical (unpaired) electrons. The number of halogens is 3. The second kappa shape index (κ2) is 5.61. The van der Waals surface area contributed by atoms with Gasteiger partial charge >= 0.3 is 0 Å². The van der Waals surface area contributed by atoms with Crippen molar-refractivity contribution in [3.05, 3.63) is 35.3 Å². The van der Waals surface area contributed by atoms with Gasteiger partial charge in [-0.15, -0.1) is 0 Å². The van der Waals surface area contributed by atoms with Crippen molar-refractivity contribution < 1.29 is 13.2 Å². The van der Waals surface area contributed by atoms with Crippen LogP contribution in [0.3, 0.4) is 0 Å². The minimum atomic E-state index is -2.75. The number of hydrogen-bond donors (Lipinski definition) is 0. The van der Waals surface area contributed by atoms with Crippen LogP contribution in [0, 0.1) is 12.7 Å². The molecule has 2 nitrogen and oxygen atoms in total. The zero-order chi connectivity index (χ0) is 13.0. The van der Waals surface area contributed by atoms with Gasteiger partial charge in [-0.25, -0.2) is 13.2 Å². The Balaban J connectivity index is 0.000000686. The lowest BCUT2D eigenvalue weighted by atomic mass is 10.1. The third-order valence-electron chi connectivity index (χ3n) is 2.17. The summed E-state index contributed by atoms with van der Waals surface area (Å²) in [7, 11) is 0. The summed E-state index contributed by atoms with van der Waals surface area (Å²) in [5.41, 5.74) is 0.272. The van der Waals surface area contributed by atoms with Crippen LogP contribution in [-0.2, 0) is 0 Å². The first-order valence-electron chi connectivity index (χ1n) is 5.29. The van der Waals surface area contributed by atoms with Gasteiger partial charge in [0.2, 0.25) is 0 Å². The Morgan fingerprint density at radius 1 is 1.18 bits per heavy atom. The molecule has 0 aliphatic rings. The summed E-state index contributed by atoms with van der Waals surface area (Å²) in [6, 6.07) is 1.98. The van der Waals surface area contributed by atoms with Crippen molar-refractivity contribution in [1.82, 2.24) is 10.2 Å². The van der Waals surface area contributed by atoms with E-state index in [1.54, 1.807) is 6.92 Å². The largest absolute Gasteiger partial charge is 0.266 e. The van der Waals surface area contributed by atoms with Gasteiger partial charge in [-0.3, -0.25) is 0 Å². The monoisotopic (exact) mass is 242 g/mol. The molecule has 0 amide bonds. The zero-order valence-corrected chi connectivity index (χ0v) is 9.84. The molecular weight excluding hydrogens is 229 g/mol. The molecule has 0 fully saturated rings. The number of rotatable bonds is 1. The van der Waals surface area contributed by atoms with Crippen molar-refractivity contribution in [1.29, 1.82) is 0 Å². The van der Waals surface area contributed by atoms with E-state index in [9.17, 15) is 13.2 Å². The smallest absolute Gasteiger partial charge is 0.207 e. The second-order valence-corrected chi connectivity index (χ2v) is 3.22. The Morgan fingerprint density at radius 2 is 1.82 bits per heavy atom. The fourth-order valence-corrected chi connectivity index (χ4v) is 1.44. The highest BCUT2D eigenvalue weighted by molar-refractivity contribution is 5.84. The molecule has 0 unspecified atom stereocenters. The molecule has 0 saturated heterocycles. The highest BCUT2D eigenvalue weighted by Crippen LogP contribution is 2.28. The van der Waals surface area contributed by atoms with Crippen molar-refractivity contribution in [3.63, 3.8) is 0 Å². The molecule has 0 saturated carbocycles. The SMILES string of the molecule is CC.Cc1cnnc2c(C(F)F)cc(F)cc12. The molecular formula is C12H13F3N2. The van der Waals surface area contributed by atoms with Gasteiger partial charge in [0.05, 0.1) is 6.20 Å². The lowest BCUT2D eigenvalue weighted by Gasteiger charge is -2.06. The Morgan fingerprint density at radius 3 is 2.41 bits per heavy atom. The maximum atomic E-state index is 13.1. The molecule has 1 heterocycles. The van der Waals surface area contributed by atoms with E-state index >= 15 is 0 Å². The molecule has 17 heavy (non-hydrogen) atoms. The minimum Gasteiger partial charge on any atom is -0.207 e. The number of aryl methyl sites for hydroxylation is 1. The van der Waals surface area contributed by atoms with Crippen LogP contribution in [0.25, 0.3) is 10.9 Å². The van der Waals surface area contributed by atoms with E-state index in [0.29, 0.717) is 10.9 Å².